The van der Waals surface area contributed by atoms with E-state index >= 15 is 0 Å². The summed E-state index contributed by atoms with van der Waals surface area (Å²) in [5.41, 5.74) is 1.38. The number of carboxylic acids is 1. The number of fused-ring (bicyclic) bond motifs is 1. The first kappa shape index (κ1) is 12.2. The Kier molecular flexibility index (Phi) is 3.04. The van der Waals surface area contributed by atoms with Crippen LogP contribution >= 0.6 is 0 Å². The van der Waals surface area contributed by atoms with Crippen LogP contribution in [0.5, 0.6) is 0 Å². The molecule has 20 heavy (non-hydrogen) atoms. The molecule has 0 aliphatic carbocycles. The van der Waals surface area contributed by atoms with Gasteiger partial charge < -0.3 is 14.8 Å². The second-order valence-electron chi connectivity index (χ2n) is 4.15. The van der Waals surface area contributed by atoms with Crippen molar-refractivity contribution in [2.24, 2.45) is 0 Å². The smallest absolute Gasteiger partial charge is 0.325 e. The zero-order valence-electron chi connectivity index (χ0n) is 10.4. The molecule has 0 saturated heterocycles. The van der Waals surface area contributed by atoms with E-state index in [1.54, 1.807) is 24.7 Å². The summed E-state index contributed by atoms with van der Waals surface area (Å²) in [7, 11) is 0. The molecule has 0 aliphatic heterocycles. The number of hydrogen-bond acceptors (Lipinski definition) is 6. The Labute approximate surface area is 113 Å². The monoisotopic (exact) mass is 273 g/mol. The largest absolute Gasteiger partial charge is 0.480 e. The molecule has 2 N–H and O–H groups in total. The Balaban J connectivity index is 1.71. The minimum absolute atomic E-state index is 0.206. The topological polar surface area (TPSA) is 106 Å². The van der Waals surface area contributed by atoms with Crippen LogP contribution in [0.4, 0.5) is 5.82 Å². The number of hydrogen-bond donors (Lipinski definition) is 2. The second-order valence-corrected chi connectivity index (χ2v) is 4.15. The van der Waals surface area contributed by atoms with Crippen molar-refractivity contribution < 1.29 is 14.3 Å². The predicted octanol–water partition coefficient (Wildman–Crippen LogP) is 1.12. The minimum atomic E-state index is -0.959. The maximum Gasteiger partial charge on any atom is 0.325 e. The molecule has 0 aromatic carbocycles. The normalized spacial score (nSPS) is 10.8. The highest BCUT2D eigenvalue weighted by Crippen LogP contribution is 2.21. The lowest BCUT2D eigenvalue weighted by atomic mass is 10.3. The molecule has 3 heterocycles. The van der Waals surface area contributed by atoms with E-state index in [1.807, 2.05) is 6.07 Å². The molecule has 8 nitrogen and oxygen atoms in total. The van der Waals surface area contributed by atoms with Crippen LogP contribution in [0.1, 0.15) is 5.69 Å². The lowest BCUT2D eigenvalue weighted by molar-refractivity contribution is -0.137. The van der Waals surface area contributed by atoms with Crippen molar-refractivity contribution in [1.82, 2.24) is 20.0 Å². The van der Waals surface area contributed by atoms with Gasteiger partial charge in [-0.05, 0) is 12.1 Å². The number of rotatable bonds is 5. The highest BCUT2D eigenvalue weighted by atomic mass is 16.4. The zero-order valence-corrected chi connectivity index (χ0v) is 10.4. The molecule has 0 unspecified atom stereocenters. The number of aromatic nitrogens is 4. The maximum atomic E-state index is 10.5. The van der Waals surface area contributed by atoms with Crippen LogP contribution in [0.2, 0.25) is 0 Å². The number of pyridine rings is 1. The first-order valence-corrected chi connectivity index (χ1v) is 5.89. The van der Waals surface area contributed by atoms with Gasteiger partial charge in [0.15, 0.2) is 0 Å². The van der Waals surface area contributed by atoms with Crippen molar-refractivity contribution in [2.45, 2.75) is 13.1 Å². The van der Waals surface area contributed by atoms with Gasteiger partial charge >= 0.3 is 5.97 Å². The quantitative estimate of drug-likeness (QED) is 0.717. The van der Waals surface area contributed by atoms with E-state index in [2.05, 4.69) is 20.6 Å². The van der Waals surface area contributed by atoms with E-state index in [1.165, 1.54) is 4.68 Å². The van der Waals surface area contributed by atoms with Crippen molar-refractivity contribution in [3.05, 3.63) is 36.5 Å². The molecular formula is C12H11N5O3. The molecule has 0 spiro atoms. The van der Waals surface area contributed by atoms with Crippen molar-refractivity contribution in [3.8, 4) is 0 Å². The van der Waals surface area contributed by atoms with E-state index in [9.17, 15) is 4.79 Å². The lowest BCUT2D eigenvalue weighted by Gasteiger charge is -2.03. The van der Waals surface area contributed by atoms with Crippen LogP contribution < -0.4 is 5.32 Å². The van der Waals surface area contributed by atoms with Crippen LogP contribution in [-0.2, 0) is 17.9 Å². The average molecular weight is 273 g/mol. The molecule has 3 aromatic heterocycles. The standard InChI is InChI=1S/C12H11N5O3/c18-11(19)7-17-6-8(15-16-17)5-14-12-9-2-4-20-10(9)1-3-13-12/h1-4,6H,5,7H2,(H,13,14)(H,18,19). The van der Waals surface area contributed by atoms with Gasteiger partial charge in [0.05, 0.1) is 24.4 Å². The van der Waals surface area contributed by atoms with Gasteiger partial charge in [0.1, 0.15) is 23.6 Å². The molecule has 3 aromatic rings. The summed E-state index contributed by atoms with van der Waals surface area (Å²) >= 11 is 0. The van der Waals surface area contributed by atoms with E-state index in [-0.39, 0.29) is 6.54 Å². The summed E-state index contributed by atoms with van der Waals surface area (Å²) in [6.45, 7) is 0.194. The molecule has 3 rings (SSSR count). The van der Waals surface area contributed by atoms with E-state index in [0.29, 0.717) is 18.1 Å². The third-order valence-corrected chi connectivity index (χ3v) is 2.70. The third kappa shape index (κ3) is 2.44. The van der Waals surface area contributed by atoms with Crippen molar-refractivity contribution in [1.29, 1.82) is 0 Å². The Bertz CT molecular complexity index is 748. The molecule has 102 valence electrons. The molecule has 0 aliphatic rings. The molecule has 0 saturated carbocycles. The average Bonchev–Trinajstić information content (AvgIpc) is 3.04. The van der Waals surface area contributed by atoms with Crippen molar-refractivity contribution in [3.63, 3.8) is 0 Å². The van der Waals surface area contributed by atoms with Crippen LogP contribution in [-0.4, -0.2) is 31.1 Å². The van der Waals surface area contributed by atoms with E-state index in [0.717, 1.165) is 11.0 Å². The van der Waals surface area contributed by atoms with Gasteiger partial charge in [-0.25, -0.2) is 9.67 Å². The second kappa shape index (κ2) is 5.00. The lowest BCUT2D eigenvalue weighted by Crippen LogP contribution is -2.09. The maximum absolute atomic E-state index is 10.5. The van der Waals surface area contributed by atoms with E-state index in [4.69, 9.17) is 9.52 Å². The fourth-order valence-corrected chi connectivity index (χ4v) is 1.85. The third-order valence-electron chi connectivity index (χ3n) is 2.70. The summed E-state index contributed by atoms with van der Waals surface area (Å²) < 4.78 is 6.55. The number of carboxylic acid groups (broad SMARTS) is 1. The van der Waals surface area contributed by atoms with E-state index < -0.39 is 5.97 Å². The van der Waals surface area contributed by atoms with Gasteiger partial charge in [-0.3, -0.25) is 4.79 Å². The van der Waals surface area contributed by atoms with Crippen LogP contribution in [0, 0.1) is 0 Å². The zero-order chi connectivity index (χ0) is 13.9. The van der Waals surface area contributed by atoms with Gasteiger partial charge in [0.2, 0.25) is 0 Å². The first-order valence-electron chi connectivity index (χ1n) is 5.89. The van der Waals surface area contributed by atoms with Crippen molar-refractivity contribution in [2.75, 3.05) is 5.32 Å². The number of aliphatic carboxylic acids is 1. The molecule has 0 bridgehead atoms. The predicted molar refractivity (Wildman–Crippen MR) is 69.0 cm³/mol. The molecule has 8 heteroatoms. The van der Waals surface area contributed by atoms with Gasteiger partial charge in [-0.15, -0.1) is 5.10 Å². The molecule has 0 radical (unpaired) electrons. The molecule has 0 amide bonds. The number of furan rings is 1. The number of carbonyl (C=O) groups is 1. The number of nitrogens with zero attached hydrogens (tertiary/aromatic N) is 4. The van der Waals surface area contributed by atoms with Gasteiger partial charge in [-0.2, -0.15) is 0 Å². The minimum Gasteiger partial charge on any atom is -0.480 e. The fraction of sp³-hybridized carbons (Fsp3) is 0.167. The highest BCUT2D eigenvalue weighted by molar-refractivity contribution is 5.87. The van der Waals surface area contributed by atoms with Crippen LogP contribution in [0.25, 0.3) is 11.0 Å². The van der Waals surface area contributed by atoms with Crippen LogP contribution in [0.3, 0.4) is 0 Å². The number of anilines is 1. The SMILES string of the molecule is O=C(O)Cn1cc(CNc2nccc3occc23)nn1. The fourth-order valence-electron chi connectivity index (χ4n) is 1.85. The van der Waals surface area contributed by atoms with Crippen molar-refractivity contribution >= 4 is 22.8 Å². The van der Waals surface area contributed by atoms with Gasteiger partial charge in [0.25, 0.3) is 0 Å². The Morgan fingerprint density at radius 2 is 2.35 bits per heavy atom. The molecule has 0 atom stereocenters. The summed E-state index contributed by atoms with van der Waals surface area (Å²) in [4.78, 5) is 14.8. The molecular weight excluding hydrogens is 262 g/mol. The Morgan fingerprint density at radius 1 is 1.45 bits per heavy atom. The summed E-state index contributed by atoms with van der Waals surface area (Å²) in [6, 6.07) is 3.61. The van der Waals surface area contributed by atoms with Crippen LogP contribution in [0.15, 0.2) is 35.2 Å². The van der Waals surface area contributed by atoms with Gasteiger partial charge in [-0.1, -0.05) is 5.21 Å². The number of nitrogens with one attached hydrogen (secondary N) is 1. The summed E-state index contributed by atoms with van der Waals surface area (Å²) in [5, 5.41) is 20.3. The molecule has 0 fully saturated rings. The highest BCUT2D eigenvalue weighted by Gasteiger charge is 2.07. The Morgan fingerprint density at radius 3 is 3.20 bits per heavy atom. The van der Waals surface area contributed by atoms with Gasteiger partial charge in [0, 0.05) is 6.20 Å². The summed E-state index contributed by atoms with van der Waals surface area (Å²) in [5.74, 6) is -0.275. The Hall–Kier alpha value is -2.90. The first-order chi connectivity index (χ1) is 9.72. The summed E-state index contributed by atoms with van der Waals surface area (Å²) in [6.07, 6.45) is 4.83.